The first kappa shape index (κ1) is 48.8. The minimum absolute atomic E-state index is 0.00979. The van der Waals surface area contributed by atoms with Gasteiger partial charge in [-0.15, -0.1) is 0 Å². The molecule has 1 aliphatic heterocycles. The van der Waals surface area contributed by atoms with Crippen LogP contribution in [0, 0.1) is 0 Å². The van der Waals surface area contributed by atoms with E-state index in [1.807, 2.05) is 30.3 Å². The summed E-state index contributed by atoms with van der Waals surface area (Å²) >= 11 is -1.03. The van der Waals surface area contributed by atoms with Gasteiger partial charge in [0.2, 0.25) is 0 Å². The second-order valence-corrected chi connectivity index (χ2v) is 18.6. The van der Waals surface area contributed by atoms with E-state index in [0.29, 0.717) is 4.46 Å². The van der Waals surface area contributed by atoms with Crippen molar-refractivity contribution in [3.8, 4) is 0 Å². The molecule has 6 atom stereocenters. The summed E-state index contributed by atoms with van der Waals surface area (Å²) in [5.41, 5.74) is 1.23. The molecule has 1 amide bonds. The van der Waals surface area contributed by atoms with Gasteiger partial charge in [0, 0.05) is 0 Å². The average molecular weight is 987 g/mol. The van der Waals surface area contributed by atoms with E-state index in [9.17, 15) is 34.2 Å². The van der Waals surface area contributed by atoms with Crippen LogP contribution in [0.5, 0.6) is 0 Å². The SMILES string of the molecule is O=C(NCCCC1([Se]c2ccccc2)[C@@H](OC(=O)c2ccccc2)[C@@H](OC(=O)c2ccccc2)[C@@H]([C@@H](COC(=O)c2ccccc2)OC(=O)c2ccccc2)O[C@@]1(O)CO)OCc1ccccc1. The van der Waals surface area contributed by atoms with Crippen molar-refractivity contribution in [2.24, 2.45) is 0 Å². The van der Waals surface area contributed by atoms with Crippen molar-refractivity contribution < 1.29 is 62.6 Å². The van der Waals surface area contributed by atoms with Gasteiger partial charge in [-0.25, -0.2) is 0 Å². The molecule has 1 aliphatic rings. The third-order valence-corrected chi connectivity index (χ3v) is 14.5. The third-order valence-electron chi connectivity index (χ3n) is 11.1. The van der Waals surface area contributed by atoms with Crippen LogP contribution in [0.15, 0.2) is 182 Å². The molecule has 350 valence electrons. The fourth-order valence-corrected chi connectivity index (χ4v) is 10.9. The second kappa shape index (κ2) is 23.5. The van der Waals surface area contributed by atoms with Crippen molar-refractivity contribution >= 4 is 49.4 Å². The fraction of sp³-hybridized carbons (Fsp3) is 0.226. The summed E-state index contributed by atoms with van der Waals surface area (Å²) in [6, 6.07) is 50.0. The van der Waals surface area contributed by atoms with E-state index < -0.39 is 92.7 Å². The minimum atomic E-state index is -2.68. The molecular formula is C53H49NO13Se. The first-order chi connectivity index (χ1) is 33.1. The Balaban J connectivity index is 1.34. The van der Waals surface area contributed by atoms with Crippen LogP contribution < -0.4 is 9.78 Å². The number of rotatable bonds is 19. The van der Waals surface area contributed by atoms with Gasteiger partial charge >= 0.3 is 401 Å². The van der Waals surface area contributed by atoms with Crippen molar-refractivity contribution in [1.82, 2.24) is 5.32 Å². The Morgan fingerprint density at radius 3 is 1.60 bits per heavy atom. The zero-order chi connectivity index (χ0) is 47.8. The molecule has 0 bridgehead atoms. The van der Waals surface area contributed by atoms with Gasteiger partial charge in [-0.1, -0.05) is 0 Å². The van der Waals surface area contributed by atoms with E-state index in [1.54, 1.807) is 103 Å². The van der Waals surface area contributed by atoms with Crippen LogP contribution in [-0.4, -0.2) is 105 Å². The van der Waals surface area contributed by atoms with Crippen molar-refractivity contribution in [1.29, 1.82) is 0 Å². The number of carbonyl (C=O) groups is 5. The molecule has 0 saturated carbocycles. The zero-order valence-corrected chi connectivity index (χ0v) is 38.4. The molecule has 7 rings (SSSR count). The fourth-order valence-electron chi connectivity index (χ4n) is 7.66. The molecule has 6 aromatic rings. The van der Waals surface area contributed by atoms with Gasteiger partial charge in [0.1, 0.15) is 0 Å². The van der Waals surface area contributed by atoms with Gasteiger partial charge in [-0.05, 0) is 0 Å². The Labute approximate surface area is 399 Å². The number of nitrogens with one attached hydrogen (secondary N) is 1. The molecule has 0 radical (unpaired) electrons. The first-order valence-corrected chi connectivity index (χ1v) is 23.5. The predicted octanol–water partition coefficient (Wildman–Crippen LogP) is 6.49. The number of benzene rings is 6. The van der Waals surface area contributed by atoms with E-state index >= 15 is 0 Å². The molecule has 0 aliphatic carbocycles. The van der Waals surface area contributed by atoms with E-state index in [-0.39, 0.29) is 48.2 Å². The number of aliphatic hydroxyl groups excluding tert-OH is 1. The molecule has 15 heteroatoms. The van der Waals surface area contributed by atoms with E-state index in [2.05, 4.69) is 5.32 Å². The zero-order valence-electron chi connectivity index (χ0n) is 36.7. The number of carbonyl (C=O) groups excluding carboxylic acids is 5. The molecule has 68 heavy (non-hydrogen) atoms. The number of alkyl carbamates (subject to hydrolysis) is 1. The van der Waals surface area contributed by atoms with Crippen LogP contribution in [0.4, 0.5) is 4.79 Å². The number of esters is 4. The van der Waals surface area contributed by atoms with Crippen molar-refractivity contribution in [2.75, 3.05) is 19.8 Å². The maximum atomic E-state index is 14.5. The Morgan fingerprint density at radius 2 is 1.07 bits per heavy atom. The van der Waals surface area contributed by atoms with Gasteiger partial charge in [0.25, 0.3) is 0 Å². The average Bonchev–Trinajstić information content (AvgIpc) is 3.39. The van der Waals surface area contributed by atoms with Gasteiger partial charge in [0.05, 0.1) is 0 Å². The van der Waals surface area contributed by atoms with Crippen LogP contribution in [0.25, 0.3) is 0 Å². The summed E-state index contributed by atoms with van der Waals surface area (Å²) in [5, 5.41) is 27.4. The Bertz CT molecular complexity index is 2580. The van der Waals surface area contributed by atoms with Crippen LogP contribution in [-0.2, 0) is 35.0 Å². The molecule has 0 spiro atoms. The molecule has 1 fully saturated rings. The van der Waals surface area contributed by atoms with Crippen LogP contribution in [0.1, 0.15) is 59.8 Å². The summed E-state index contributed by atoms with van der Waals surface area (Å²) < 4.78 is 35.7. The van der Waals surface area contributed by atoms with Crippen LogP contribution >= 0.6 is 0 Å². The number of ether oxygens (including phenoxy) is 6. The number of aliphatic hydroxyl groups is 2. The van der Waals surface area contributed by atoms with Gasteiger partial charge in [0.15, 0.2) is 0 Å². The quantitative estimate of drug-likeness (QED) is 0.0345. The number of amides is 1. The van der Waals surface area contributed by atoms with E-state index in [4.69, 9.17) is 28.4 Å². The Kier molecular flexibility index (Phi) is 16.9. The first-order valence-electron chi connectivity index (χ1n) is 21.8. The van der Waals surface area contributed by atoms with E-state index in [0.717, 1.165) is 5.56 Å². The summed E-state index contributed by atoms with van der Waals surface area (Å²) in [6.45, 7) is -1.85. The van der Waals surface area contributed by atoms with Gasteiger partial charge < -0.3 is 0 Å². The summed E-state index contributed by atoms with van der Waals surface area (Å²) in [7, 11) is 0. The Hall–Kier alpha value is -7.13. The number of hydrogen-bond acceptors (Lipinski definition) is 13. The summed E-state index contributed by atoms with van der Waals surface area (Å²) in [4.78, 5) is 69.4. The molecule has 1 saturated heterocycles. The van der Waals surface area contributed by atoms with Crippen molar-refractivity contribution in [3.05, 3.63) is 210 Å². The van der Waals surface area contributed by atoms with E-state index in [1.165, 1.54) is 48.5 Å². The monoisotopic (exact) mass is 987 g/mol. The van der Waals surface area contributed by atoms with Crippen LogP contribution in [0.3, 0.4) is 0 Å². The summed E-state index contributed by atoms with van der Waals surface area (Å²) in [6.07, 6.45) is -7.71. The molecule has 1 heterocycles. The van der Waals surface area contributed by atoms with Crippen LogP contribution in [0.2, 0.25) is 4.31 Å². The van der Waals surface area contributed by atoms with Gasteiger partial charge in [-0.2, -0.15) is 0 Å². The standard InChI is InChI=1S/C53H49NO13Se/c55-36-53(61)52(68-42-30-17-6-18-31-42,32-19-33-54-51(60)63-34-37-20-7-1-8-21-37)46(66-50(59)41-28-15-5-16-29-41)45(65-49(58)40-26-13-4-14-27-40)44(67-53)43(64-48(57)39-24-11-3-12-25-39)35-62-47(56)38-22-9-2-10-23-38/h1-18,20-31,43-46,55,61H,19,32-36H2,(H,54,60)/t43-,44-,45+,46+,52?,53+/m1/s1. The molecular weight excluding hydrogens is 938 g/mol. The normalized spacial score (nSPS) is 20.2. The summed E-state index contributed by atoms with van der Waals surface area (Å²) in [5.74, 6) is -6.18. The Morgan fingerprint density at radius 1 is 0.603 bits per heavy atom. The van der Waals surface area contributed by atoms with Crippen molar-refractivity contribution in [3.63, 3.8) is 0 Å². The molecule has 0 aromatic heterocycles. The topological polar surface area (TPSA) is 193 Å². The molecule has 6 aromatic carbocycles. The maximum absolute atomic E-state index is 14.5. The molecule has 14 nitrogen and oxygen atoms in total. The molecule has 3 N–H and O–H groups in total. The second-order valence-electron chi connectivity index (χ2n) is 15.6. The number of hydrogen-bond donors (Lipinski definition) is 3. The molecule has 1 unspecified atom stereocenters. The third kappa shape index (κ3) is 12.2. The predicted molar refractivity (Wildman–Crippen MR) is 249 cm³/mol. The van der Waals surface area contributed by atoms with Crippen molar-refractivity contribution in [2.45, 2.75) is 54.0 Å². The van der Waals surface area contributed by atoms with Gasteiger partial charge in [-0.3, -0.25) is 0 Å².